The molecule has 0 fully saturated rings. The lowest BCUT2D eigenvalue weighted by Gasteiger charge is -2.20. The highest BCUT2D eigenvalue weighted by molar-refractivity contribution is 5.74. The van der Waals surface area contributed by atoms with Crippen molar-refractivity contribution in [2.75, 3.05) is 24.9 Å². The van der Waals surface area contributed by atoms with Crippen molar-refractivity contribution in [3.63, 3.8) is 0 Å². The Hall–Kier alpha value is -3.28. The number of benzene rings is 2. The molecule has 0 radical (unpaired) electrons. The van der Waals surface area contributed by atoms with Gasteiger partial charge in [0.15, 0.2) is 11.5 Å². The molecule has 6 heteroatoms. The van der Waals surface area contributed by atoms with Gasteiger partial charge in [0.25, 0.3) is 10.9 Å². The highest BCUT2D eigenvalue weighted by Crippen LogP contribution is 2.28. The zero-order chi connectivity index (χ0) is 19.4. The molecule has 1 unspecified atom stereocenters. The van der Waals surface area contributed by atoms with E-state index < -0.39 is 10.9 Å². The summed E-state index contributed by atoms with van der Waals surface area (Å²) in [6.07, 6.45) is 0. The average Bonchev–Trinajstić information content (AvgIpc) is 2.72. The van der Waals surface area contributed by atoms with Crippen molar-refractivity contribution >= 4 is 11.4 Å². The molecule has 3 rings (SSSR count). The quantitative estimate of drug-likeness (QED) is 0.597. The predicted molar refractivity (Wildman–Crippen MR) is 107 cm³/mol. The maximum Gasteiger partial charge on any atom is 0.253 e. The van der Waals surface area contributed by atoms with Gasteiger partial charge in [-0.1, -0.05) is 36.4 Å². The Balaban J connectivity index is 1.73. The summed E-state index contributed by atoms with van der Waals surface area (Å²) in [6.45, 7) is 2.34. The molecular weight excluding hydrogens is 344 g/mol. The third-order valence-electron chi connectivity index (χ3n) is 4.49. The molecule has 0 bridgehead atoms. The van der Waals surface area contributed by atoms with E-state index in [9.17, 15) is 9.59 Å². The third kappa shape index (κ3) is 3.79. The maximum atomic E-state index is 12.0. The fourth-order valence-electron chi connectivity index (χ4n) is 2.92. The van der Waals surface area contributed by atoms with Crippen LogP contribution in [0.3, 0.4) is 0 Å². The second-order valence-electron chi connectivity index (χ2n) is 6.23. The molecule has 0 aromatic heterocycles. The van der Waals surface area contributed by atoms with E-state index in [4.69, 9.17) is 9.47 Å². The van der Waals surface area contributed by atoms with Crippen molar-refractivity contribution in [3.8, 4) is 11.5 Å². The monoisotopic (exact) mass is 366 g/mol. The summed E-state index contributed by atoms with van der Waals surface area (Å²) >= 11 is 0. The lowest BCUT2D eigenvalue weighted by atomic mass is 10.1. The van der Waals surface area contributed by atoms with Crippen LogP contribution in [0.15, 0.2) is 58.1 Å². The van der Waals surface area contributed by atoms with Crippen LogP contribution in [0.4, 0.5) is 11.4 Å². The maximum absolute atomic E-state index is 12.0. The number of hydrogen-bond acceptors (Lipinski definition) is 6. The molecule has 0 aliphatic rings. The van der Waals surface area contributed by atoms with Crippen LogP contribution in [0.2, 0.25) is 0 Å². The van der Waals surface area contributed by atoms with Gasteiger partial charge in [0.1, 0.15) is 11.4 Å². The van der Waals surface area contributed by atoms with Gasteiger partial charge in [-0.15, -0.1) is 0 Å². The van der Waals surface area contributed by atoms with Gasteiger partial charge in [-0.25, -0.2) is 0 Å². The smallest absolute Gasteiger partial charge is 0.253 e. The number of hydrogen-bond donors (Lipinski definition) is 2. The molecule has 3 aromatic rings. The lowest BCUT2D eigenvalue weighted by molar-refractivity contribution is 0.354. The highest BCUT2D eigenvalue weighted by atomic mass is 16.5. The number of nitrogens with one attached hydrogen (secondary N) is 2. The number of rotatable bonds is 8. The SMILES string of the molecule is COc1ccc(CNc2c(NC(C)c3ccccc3)c(=O)c2=O)cc1OC. The Morgan fingerprint density at radius 1 is 0.889 bits per heavy atom. The average molecular weight is 366 g/mol. The largest absolute Gasteiger partial charge is 0.493 e. The number of methoxy groups -OCH3 is 2. The Bertz CT molecular complexity index is 991. The first-order valence-electron chi connectivity index (χ1n) is 8.64. The first-order valence-corrected chi connectivity index (χ1v) is 8.64. The fourth-order valence-corrected chi connectivity index (χ4v) is 2.92. The van der Waals surface area contributed by atoms with Crippen LogP contribution in [-0.2, 0) is 6.54 Å². The molecular formula is C21H22N2O4. The van der Waals surface area contributed by atoms with Gasteiger partial charge in [-0.05, 0) is 30.2 Å². The minimum atomic E-state index is -0.502. The first-order chi connectivity index (χ1) is 13.0. The summed E-state index contributed by atoms with van der Waals surface area (Å²) in [5, 5.41) is 6.20. The van der Waals surface area contributed by atoms with Crippen LogP contribution in [0, 0.1) is 0 Å². The Labute approximate surface area is 157 Å². The Morgan fingerprint density at radius 3 is 2.22 bits per heavy atom. The molecule has 140 valence electrons. The number of anilines is 2. The topological polar surface area (TPSA) is 76.7 Å². The zero-order valence-electron chi connectivity index (χ0n) is 15.5. The lowest BCUT2D eigenvalue weighted by Crippen LogP contribution is -2.37. The summed E-state index contributed by atoms with van der Waals surface area (Å²) in [6, 6.07) is 15.2. The molecule has 1 atom stereocenters. The van der Waals surface area contributed by atoms with Gasteiger partial charge in [-0.2, -0.15) is 0 Å². The van der Waals surface area contributed by atoms with E-state index in [2.05, 4.69) is 10.6 Å². The minimum Gasteiger partial charge on any atom is -0.493 e. The normalized spacial score (nSPS) is 11.8. The van der Waals surface area contributed by atoms with Gasteiger partial charge < -0.3 is 20.1 Å². The first kappa shape index (κ1) is 18.5. The van der Waals surface area contributed by atoms with Crippen molar-refractivity contribution in [1.82, 2.24) is 0 Å². The molecule has 6 nitrogen and oxygen atoms in total. The van der Waals surface area contributed by atoms with Gasteiger partial charge >= 0.3 is 0 Å². The third-order valence-corrected chi connectivity index (χ3v) is 4.49. The van der Waals surface area contributed by atoms with E-state index in [0.29, 0.717) is 29.4 Å². The molecule has 0 aliphatic heterocycles. The van der Waals surface area contributed by atoms with E-state index in [1.165, 1.54) is 0 Å². The number of ether oxygens (including phenoxy) is 2. The van der Waals surface area contributed by atoms with E-state index >= 15 is 0 Å². The fraction of sp³-hybridized carbons (Fsp3) is 0.238. The Morgan fingerprint density at radius 2 is 1.56 bits per heavy atom. The van der Waals surface area contributed by atoms with Crippen molar-refractivity contribution in [2.24, 2.45) is 0 Å². The molecule has 0 heterocycles. The van der Waals surface area contributed by atoms with Crippen molar-refractivity contribution in [2.45, 2.75) is 19.5 Å². The minimum absolute atomic E-state index is 0.0869. The molecule has 0 saturated carbocycles. The van der Waals surface area contributed by atoms with Crippen LogP contribution < -0.4 is 31.0 Å². The summed E-state index contributed by atoms with van der Waals surface area (Å²) < 4.78 is 10.5. The van der Waals surface area contributed by atoms with Gasteiger partial charge in [0.05, 0.1) is 14.2 Å². The van der Waals surface area contributed by atoms with Crippen LogP contribution in [0.1, 0.15) is 24.1 Å². The van der Waals surface area contributed by atoms with Crippen molar-refractivity contribution in [3.05, 3.63) is 80.1 Å². The molecule has 2 N–H and O–H groups in total. The molecule has 27 heavy (non-hydrogen) atoms. The van der Waals surface area contributed by atoms with E-state index in [1.54, 1.807) is 20.3 Å². The molecule has 0 spiro atoms. The van der Waals surface area contributed by atoms with Crippen LogP contribution in [0.5, 0.6) is 11.5 Å². The molecule has 0 saturated heterocycles. The summed E-state index contributed by atoms with van der Waals surface area (Å²) in [7, 11) is 3.14. The van der Waals surface area contributed by atoms with Gasteiger partial charge in [0.2, 0.25) is 0 Å². The van der Waals surface area contributed by atoms with Crippen LogP contribution in [0.25, 0.3) is 0 Å². The Kier molecular flexibility index (Phi) is 5.45. The van der Waals surface area contributed by atoms with Crippen molar-refractivity contribution < 1.29 is 9.47 Å². The molecule has 0 amide bonds. The zero-order valence-corrected chi connectivity index (χ0v) is 15.5. The van der Waals surface area contributed by atoms with Gasteiger partial charge in [0, 0.05) is 12.6 Å². The van der Waals surface area contributed by atoms with E-state index in [0.717, 1.165) is 11.1 Å². The molecule has 3 aromatic carbocycles. The second kappa shape index (κ2) is 7.95. The summed E-state index contributed by atoms with van der Waals surface area (Å²) in [5.74, 6) is 1.24. The van der Waals surface area contributed by atoms with Crippen molar-refractivity contribution in [1.29, 1.82) is 0 Å². The standard InChI is InChI=1S/C21H22N2O4/c1-13(15-7-5-4-6-8-15)23-19-18(20(24)21(19)25)22-12-14-9-10-16(26-2)17(11-14)27-3/h4-11,13,22-23H,12H2,1-3H3. The summed E-state index contributed by atoms with van der Waals surface area (Å²) in [5.41, 5.74) is 1.60. The van der Waals surface area contributed by atoms with E-state index in [-0.39, 0.29) is 6.04 Å². The van der Waals surface area contributed by atoms with E-state index in [1.807, 2.05) is 49.4 Å². The van der Waals surface area contributed by atoms with Gasteiger partial charge in [-0.3, -0.25) is 9.59 Å². The summed E-state index contributed by atoms with van der Waals surface area (Å²) in [4.78, 5) is 24.0. The predicted octanol–water partition coefficient (Wildman–Crippen LogP) is 3.09. The van der Waals surface area contributed by atoms with Crippen LogP contribution in [-0.4, -0.2) is 14.2 Å². The second-order valence-corrected chi connectivity index (χ2v) is 6.23. The molecule has 0 aliphatic carbocycles. The van der Waals surface area contributed by atoms with Crippen LogP contribution >= 0.6 is 0 Å². The highest BCUT2D eigenvalue weighted by Gasteiger charge is 2.22.